The Bertz CT molecular complexity index is 327. The van der Waals surface area contributed by atoms with Crippen LogP contribution in [0.4, 0.5) is 12.9 Å². The quantitative estimate of drug-likeness (QED) is 0.529. The van der Waals surface area contributed by atoms with E-state index in [1.165, 1.54) is 18.6 Å². The van der Waals surface area contributed by atoms with E-state index < -0.39 is 12.4 Å². The molecule has 0 aromatic heterocycles. The molecule has 1 aromatic carbocycles. The average molecular weight is 284 g/mol. The first-order valence-corrected chi connectivity index (χ1v) is 5.96. The van der Waals surface area contributed by atoms with Gasteiger partial charge < -0.3 is 17.7 Å². The van der Waals surface area contributed by atoms with E-state index in [1.54, 1.807) is 0 Å². The third-order valence-electron chi connectivity index (χ3n) is 2.52. The standard InChI is InChI=1S/C12H17BF3O.K/c1-2-3-4-5-10-17-12-8-6-11(7-9-12)13(14,15)16;/h6-9H,2-5,10H2,1H3;/q-1;+1. The minimum atomic E-state index is -4.90. The van der Waals surface area contributed by atoms with Gasteiger partial charge in [0.2, 0.25) is 0 Å². The second kappa shape index (κ2) is 9.42. The zero-order valence-corrected chi connectivity index (χ0v) is 14.1. The second-order valence-corrected chi connectivity index (χ2v) is 4.05. The van der Waals surface area contributed by atoms with Crippen LogP contribution in [0.25, 0.3) is 0 Å². The Labute approximate surface area is 149 Å². The molecular weight excluding hydrogens is 267 g/mol. The van der Waals surface area contributed by atoms with E-state index in [0.717, 1.165) is 31.4 Å². The van der Waals surface area contributed by atoms with Crippen LogP contribution in [-0.4, -0.2) is 13.6 Å². The Hall–Kier alpha value is 0.511. The number of benzene rings is 1. The van der Waals surface area contributed by atoms with Crippen LogP contribution >= 0.6 is 0 Å². The average Bonchev–Trinajstić information content (AvgIpc) is 2.28. The number of hydrogen-bond acceptors (Lipinski definition) is 1. The number of ether oxygens (including phenoxy) is 1. The van der Waals surface area contributed by atoms with Crippen molar-refractivity contribution in [2.24, 2.45) is 0 Å². The first-order valence-electron chi connectivity index (χ1n) is 5.96. The Balaban J connectivity index is 0.00000289. The van der Waals surface area contributed by atoms with E-state index in [1.807, 2.05) is 0 Å². The molecule has 18 heavy (non-hydrogen) atoms. The summed E-state index contributed by atoms with van der Waals surface area (Å²) in [5.41, 5.74) is -0.580. The van der Waals surface area contributed by atoms with E-state index in [9.17, 15) is 12.9 Å². The molecule has 0 heterocycles. The van der Waals surface area contributed by atoms with Crippen molar-refractivity contribution in [3.63, 3.8) is 0 Å². The van der Waals surface area contributed by atoms with Gasteiger partial charge in [0, 0.05) is 0 Å². The van der Waals surface area contributed by atoms with Gasteiger partial charge in [0.15, 0.2) is 0 Å². The molecule has 0 bridgehead atoms. The molecule has 0 unspecified atom stereocenters. The molecule has 0 atom stereocenters. The first-order chi connectivity index (χ1) is 8.04. The fraction of sp³-hybridized carbons (Fsp3) is 0.500. The molecule has 0 aliphatic rings. The van der Waals surface area contributed by atoms with Crippen LogP contribution in [0.5, 0.6) is 5.75 Å². The third kappa shape index (κ3) is 7.19. The Kier molecular flexibility index (Phi) is 9.69. The molecule has 0 aliphatic carbocycles. The minimum absolute atomic E-state index is 0. The van der Waals surface area contributed by atoms with Gasteiger partial charge in [-0.3, -0.25) is 0 Å². The van der Waals surface area contributed by atoms with Crippen LogP contribution in [0, 0.1) is 0 Å². The number of rotatable bonds is 7. The zero-order valence-electron chi connectivity index (χ0n) is 11.0. The molecule has 0 saturated heterocycles. The van der Waals surface area contributed by atoms with Gasteiger partial charge in [0.25, 0.3) is 0 Å². The fourth-order valence-electron chi connectivity index (χ4n) is 1.50. The summed E-state index contributed by atoms with van der Waals surface area (Å²) in [6, 6.07) is 4.90. The third-order valence-corrected chi connectivity index (χ3v) is 2.52. The van der Waals surface area contributed by atoms with Crippen LogP contribution in [0.2, 0.25) is 0 Å². The molecule has 0 aliphatic heterocycles. The molecule has 1 rings (SSSR count). The minimum Gasteiger partial charge on any atom is -0.494 e. The van der Waals surface area contributed by atoms with Gasteiger partial charge >= 0.3 is 58.4 Å². The second-order valence-electron chi connectivity index (χ2n) is 4.05. The summed E-state index contributed by atoms with van der Waals surface area (Å²) >= 11 is 0. The van der Waals surface area contributed by atoms with Crippen molar-refractivity contribution in [2.75, 3.05) is 6.61 Å². The maximum atomic E-state index is 12.3. The molecule has 1 nitrogen and oxygen atoms in total. The van der Waals surface area contributed by atoms with Crippen molar-refractivity contribution < 1.29 is 69.1 Å². The van der Waals surface area contributed by atoms with Crippen molar-refractivity contribution in [2.45, 2.75) is 32.6 Å². The van der Waals surface area contributed by atoms with E-state index in [0.29, 0.717) is 12.4 Å². The fourth-order valence-corrected chi connectivity index (χ4v) is 1.50. The summed E-state index contributed by atoms with van der Waals surface area (Å²) in [4.78, 5) is 0. The van der Waals surface area contributed by atoms with Crippen molar-refractivity contribution >= 4 is 12.4 Å². The van der Waals surface area contributed by atoms with Gasteiger partial charge in [-0.2, -0.15) is 0 Å². The summed E-state index contributed by atoms with van der Waals surface area (Å²) < 4.78 is 42.4. The van der Waals surface area contributed by atoms with Crippen LogP contribution < -0.4 is 61.6 Å². The molecule has 0 saturated carbocycles. The predicted octanol–water partition coefficient (Wildman–Crippen LogP) is 0.704. The van der Waals surface area contributed by atoms with Crippen LogP contribution in [0.15, 0.2) is 24.3 Å². The molecule has 6 heteroatoms. The smallest absolute Gasteiger partial charge is 0.494 e. The number of halogens is 3. The van der Waals surface area contributed by atoms with E-state index in [-0.39, 0.29) is 51.4 Å². The van der Waals surface area contributed by atoms with Crippen molar-refractivity contribution in [3.8, 4) is 5.75 Å². The van der Waals surface area contributed by atoms with Gasteiger partial charge in [0.1, 0.15) is 5.75 Å². The molecule has 96 valence electrons. The summed E-state index contributed by atoms with van der Waals surface area (Å²) in [5.74, 6) is 0.505. The molecule has 0 N–H and O–H groups in total. The van der Waals surface area contributed by atoms with Gasteiger partial charge in [-0.15, -0.1) is 5.46 Å². The van der Waals surface area contributed by atoms with Crippen LogP contribution in [0.3, 0.4) is 0 Å². The maximum absolute atomic E-state index is 12.3. The summed E-state index contributed by atoms with van der Waals surface area (Å²) in [6.45, 7) is -2.21. The molecule has 0 fully saturated rings. The SMILES string of the molecule is CCCCCCOc1ccc([B-](F)(F)F)cc1.[K+]. The molecule has 1 aromatic rings. The van der Waals surface area contributed by atoms with E-state index in [2.05, 4.69) is 6.92 Å². The molecule has 0 amide bonds. The van der Waals surface area contributed by atoms with Gasteiger partial charge in [-0.05, 0) is 18.6 Å². The Morgan fingerprint density at radius 2 is 1.61 bits per heavy atom. The predicted molar refractivity (Wildman–Crippen MR) is 64.8 cm³/mol. The normalized spacial score (nSPS) is 10.9. The molecular formula is C12H17BF3KO. The Morgan fingerprint density at radius 1 is 1.00 bits per heavy atom. The zero-order chi connectivity index (χ0) is 12.7. The number of unbranched alkanes of at least 4 members (excludes halogenated alkanes) is 3. The van der Waals surface area contributed by atoms with E-state index in [4.69, 9.17) is 4.74 Å². The topological polar surface area (TPSA) is 9.23 Å². The summed E-state index contributed by atoms with van der Waals surface area (Å²) in [7, 11) is 0. The van der Waals surface area contributed by atoms with Gasteiger partial charge in [-0.1, -0.05) is 38.3 Å². The monoisotopic (exact) mass is 284 g/mol. The van der Waals surface area contributed by atoms with E-state index >= 15 is 0 Å². The van der Waals surface area contributed by atoms with Crippen LogP contribution in [-0.2, 0) is 0 Å². The maximum Gasteiger partial charge on any atom is 1.00 e. The summed E-state index contributed by atoms with van der Waals surface area (Å²) in [6.07, 6.45) is 4.36. The molecule has 0 radical (unpaired) electrons. The van der Waals surface area contributed by atoms with Crippen molar-refractivity contribution in [1.82, 2.24) is 0 Å². The molecule has 0 spiro atoms. The largest absolute Gasteiger partial charge is 1.00 e. The van der Waals surface area contributed by atoms with Gasteiger partial charge in [-0.25, -0.2) is 0 Å². The van der Waals surface area contributed by atoms with Gasteiger partial charge in [0.05, 0.1) is 6.61 Å². The van der Waals surface area contributed by atoms with Crippen molar-refractivity contribution in [1.29, 1.82) is 0 Å². The first kappa shape index (κ1) is 18.5. The number of hydrogen-bond donors (Lipinski definition) is 0. The van der Waals surface area contributed by atoms with Crippen LogP contribution in [0.1, 0.15) is 32.6 Å². The summed E-state index contributed by atoms with van der Waals surface area (Å²) in [5, 5.41) is 0. The Morgan fingerprint density at radius 3 is 2.11 bits per heavy atom. The van der Waals surface area contributed by atoms with Crippen molar-refractivity contribution in [3.05, 3.63) is 24.3 Å².